The highest BCUT2D eigenvalue weighted by molar-refractivity contribution is 5.54. The molecule has 1 N–H and O–H groups in total. The van der Waals surface area contributed by atoms with Crippen LogP contribution in [-0.4, -0.2) is 31.1 Å². The van der Waals surface area contributed by atoms with Crippen LogP contribution in [0.25, 0.3) is 0 Å². The van der Waals surface area contributed by atoms with E-state index in [-0.39, 0.29) is 5.41 Å². The zero-order valence-electron chi connectivity index (χ0n) is 12.7. The molecule has 0 aliphatic carbocycles. The molecule has 1 aromatic rings. The number of rotatable bonds is 4. The fraction of sp³-hybridized carbons (Fsp3) is 0.647. The first-order chi connectivity index (χ1) is 9.07. The Balaban J connectivity index is 1.88. The van der Waals surface area contributed by atoms with Gasteiger partial charge in [-0.3, -0.25) is 0 Å². The fourth-order valence-electron chi connectivity index (χ4n) is 2.82. The number of benzene rings is 1. The smallest absolute Gasteiger partial charge is 0.0378 e. The first kappa shape index (κ1) is 14.4. The van der Waals surface area contributed by atoms with Gasteiger partial charge in [-0.2, -0.15) is 0 Å². The van der Waals surface area contributed by atoms with Gasteiger partial charge in [0.25, 0.3) is 0 Å². The molecule has 2 nitrogen and oxygen atoms in total. The van der Waals surface area contributed by atoms with Crippen molar-refractivity contribution in [1.29, 1.82) is 0 Å². The minimum Gasteiger partial charge on any atom is -0.384 e. The van der Waals surface area contributed by atoms with E-state index in [1.54, 1.807) is 0 Å². The third-order valence-electron chi connectivity index (χ3n) is 3.93. The minimum atomic E-state index is 0.203. The maximum Gasteiger partial charge on any atom is 0.0378 e. The molecule has 0 spiro atoms. The number of likely N-dealkylation sites (tertiary alicyclic amines) is 1. The second-order valence-electron chi connectivity index (χ2n) is 6.62. The van der Waals surface area contributed by atoms with Crippen molar-refractivity contribution in [3.05, 3.63) is 29.8 Å². The van der Waals surface area contributed by atoms with Gasteiger partial charge in [0.15, 0.2) is 0 Å². The molecule has 2 heteroatoms. The molecule has 0 amide bonds. The van der Waals surface area contributed by atoms with Gasteiger partial charge in [-0.05, 0) is 43.0 Å². The Labute approximate surface area is 118 Å². The van der Waals surface area contributed by atoms with Crippen LogP contribution in [0.15, 0.2) is 24.3 Å². The second kappa shape index (κ2) is 6.42. The SMILES string of the molecule is CC(C)(C)c1ccccc1NCCN1CCCCC1. The molecule has 106 valence electrons. The van der Waals surface area contributed by atoms with Crippen LogP contribution in [0.3, 0.4) is 0 Å². The number of para-hydroxylation sites is 1. The molecule has 1 aliphatic heterocycles. The highest BCUT2D eigenvalue weighted by Crippen LogP contribution is 2.29. The summed E-state index contributed by atoms with van der Waals surface area (Å²) in [6, 6.07) is 8.70. The molecule has 1 aromatic carbocycles. The number of hydrogen-bond acceptors (Lipinski definition) is 2. The van der Waals surface area contributed by atoms with Crippen molar-refractivity contribution in [2.75, 3.05) is 31.5 Å². The van der Waals surface area contributed by atoms with Crippen LogP contribution in [-0.2, 0) is 5.41 Å². The van der Waals surface area contributed by atoms with Gasteiger partial charge >= 0.3 is 0 Å². The van der Waals surface area contributed by atoms with E-state index in [2.05, 4.69) is 55.3 Å². The lowest BCUT2D eigenvalue weighted by atomic mass is 9.86. The van der Waals surface area contributed by atoms with E-state index >= 15 is 0 Å². The molecule has 1 aliphatic rings. The Morgan fingerprint density at radius 2 is 1.74 bits per heavy atom. The number of anilines is 1. The van der Waals surface area contributed by atoms with E-state index in [0.717, 1.165) is 6.54 Å². The normalized spacial score (nSPS) is 17.4. The van der Waals surface area contributed by atoms with Gasteiger partial charge in [-0.25, -0.2) is 0 Å². The predicted molar refractivity (Wildman–Crippen MR) is 83.9 cm³/mol. The van der Waals surface area contributed by atoms with Crippen LogP contribution in [0.1, 0.15) is 45.6 Å². The van der Waals surface area contributed by atoms with Crippen LogP contribution in [0.4, 0.5) is 5.69 Å². The van der Waals surface area contributed by atoms with Crippen molar-refractivity contribution < 1.29 is 0 Å². The van der Waals surface area contributed by atoms with Crippen molar-refractivity contribution in [1.82, 2.24) is 4.90 Å². The van der Waals surface area contributed by atoms with Gasteiger partial charge < -0.3 is 10.2 Å². The van der Waals surface area contributed by atoms with Crippen molar-refractivity contribution in [3.8, 4) is 0 Å². The summed E-state index contributed by atoms with van der Waals surface area (Å²) in [5, 5.41) is 3.63. The lowest BCUT2D eigenvalue weighted by molar-refractivity contribution is 0.237. The molecular weight excluding hydrogens is 232 g/mol. The average molecular weight is 260 g/mol. The van der Waals surface area contributed by atoms with E-state index in [4.69, 9.17) is 0 Å². The second-order valence-corrected chi connectivity index (χ2v) is 6.62. The lowest BCUT2D eigenvalue weighted by Crippen LogP contribution is -2.34. The first-order valence-electron chi connectivity index (χ1n) is 7.63. The van der Waals surface area contributed by atoms with Gasteiger partial charge in [-0.15, -0.1) is 0 Å². The number of nitrogens with one attached hydrogen (secondary N) is 1. The molecule has 0 atom stereocenters. The molecule has 0 unspecified atom stereocenters. The van der Waals surface area contributed by atoms with Crippen molar-refractivity contribution >= 4 is 5.69 Å². The van der Waals surface area contributed by atoms with E-state index in [1.165, 1.54) is 50.1 Å². The molecule has 0 saturated carbocycles. The van der Waals surface area contributed by atoms with E-state index in [9.17, 15) is 0 Å². The van der Waals surface area contributed by atoms with Gasteiger partial charge in [-0.1, -0.05) is 45.4 Å². The number of hydrogen-bond donors (Lipinski definition) is 1. The molecule has 19 heavy (non-hydrogen) atoms. The van der Waals surface area contributed by atoms with E-state index in [1.807, 2.05) is 0 Å². The first-order valence-corrected chi connectivity index (χ1v) is 7.63. The molecule has 0 aromatic heterocycles. The zero-order chi connectivity index (χ0) is 13.7. The average Bonchev–Trinajstić information content (AvgIpc) is 2.39. The summed E-state index contributed by atoms with van der Waals surface area (Å²) in [6.45, 7) is 11.6. The van der Waals surface area contributed by atoms with Crippen molar-refractivity contribution in [3.63, 3.8) is 0 Å². The third-order valence-corrected chi connectivity index (χ3v) is 3.93. The standard InChI is InChI=1S/C17H28N2/c1-17(2,3)15-9-5-6-10-16(15)18-11-14-19-12-7-4-8-13-19/h5-6,9-10,18H,4,7-8,11-14H2,1-3H3. The van der Waals surface area contributed by atoms with Crippen LogP contribution < -0.4 is 5.32 Å². The third kappa shape index (κ3) is 4.24. The van der Waals surface area contributed by atoms with Crippen LogP contribution in [0, 0.1) is 0 Å². The predicted octanol–water partition coefficient (Wildman–Crippen LogP) is 3.88. The van der Waals surface area contributed by atoms with Gasteiger partial charge in [0, 0.05) is 18.8 Å². The van der Waals surface area contributed by atoms with Crippen LogP contribution in [0.5, 0.6) is 0 Å². The summed E-state index contributed by atoms with van der Waals surface area (Å²) in [4.78, 5) is 2.58. The molecule has 1 heterocycles. The van der Waals surface area contributed by atoms with E-state index in [0.29, 0.717) is 0 Å². The molecule has 0 bridgehead atoms. The zero-order valence-corrected chi connectivity index (χ0v) is 12.7. The summed E-state index contributed by atoms with van der Waals surface area (Å²) in [7, 11) is 0. The maximum absolute atomic E-state index is 3.63. The lowest BCUT2D eigenvalue weighted by Gasteiger charge is -2.27. The minimum absolute atomic E-state index is 0.203. The molecule has 0 radical (unpaired) electrons. The van der Waals surface area contributed by atoms with Gasteiger partial charge in [0.05, 0.1) is 0 Å². The van der Waals surface area contributed by atoms with E-state index < -0.39 is 0 Å². The summed E-state index contributed by atoms with van der Waals surface area (Å²) in [6.07, 6.45) is 4.16. The summed E-state index contributed by atoms with van der Waals surface area (Å²) in [5.41, 5.74) is 2.91. The molecular formula is C17H28N2. The molecule has 1 fully saturated rings. The van der Waals surface area contributed by atoms with Crippen molar-refractivity contribution in [2.45, 2.75) is 45.4 Å². The van der Waals surface area contributed by atoms with Crippen LogP contribution in [0.2, 0.25) is 0 Å². The molecule has 1 saturated heterocycles. The highest BCUT2D eigenvalue weighted by atomic mass is 15.1. The largest absolute Gasteiger partial charge is 0.384 e. The Kier molecular flexibility index (Phi) is 4.87. The summed E-state index contributed by atoms with van der Waals surface area (Å²) < 4.78 is 0. The Bertz CT molecular complexity index is 386. The van der Waals surface area contributed by atoms with Crippen LogP contribution >= 0.6 is 0 Å². The Morgan fingerprint density at radius 1 is 1.05 bits per heavy atom. The topological polar surface area (TPSA) is 15.3 Å². The van der Waals surface area contributed by atoms with Gasteiger partial charge in [0.1, 0.15) is 0 Å². The Morgan fingerprint density at radius 3 is 2.42 bits per heavy atom. The van der Waals surface area contributed by atoms with Crippen molar-refractivity contribution in [2.24, 2.45) is 0 Å². The monoisotopic (exact) mass is 260 g/mol. The quantitative estimate of drug-likeness (QED) is 0.883. The fourth-order valence-corrected chi connectivity index (χ4v) is 2.82. The Hall–Kier alpha value is -1.02. The summed E-state index contributed by atoms with van der Waals surface area (Å²) >= 11 is 0. The summed E-state index contributed by atoms with van der Waals surface area (Å²) in [5.74, 6) is 0. The van der Waals surface area contributed by atoms with Gasteiger partial charge in [0.2, 0.25) is 0 Å². The number of nitrogens with zero attached hydrogens (tertiary/aromatic N) is 1. The molecule has 2 rings (SSSR count). The maximum atomic E-state index is 3.63. The highest BCUT2D eigenvalue weighted by Gasteiger charge is 2.17. The number of piperidine rings is 1.